The number of hydrogen-bond donors (Lipinski definition) is 0. The van der Waals surface area contributed by atoms with E-state index in [2.05, 4.69) is 30.7 Å². The molecule has 0 amide bonds. The summed E-state index contributed by atoms with van der Waals surface area (Å²) >= 11 is 0. The Morgan fingerprint density at radius 1 is 1.14 bits per heavy atom. The number of cyclic esters (lactones) is 1. The van der Waals surface area contributed by atoms with Gasteiger partial charge in [-0.25, -0.2) is 19.2 Å². The molecule has 1 saturated heterocycles. The molecule has 0 bridgehead atoms. The molecule has 8 nitrogen and oxygen atoms in total. The number of ether oxygens (including phenoxy) is 3. The largest absolute Gasteiger partial charge is 0.480 e. The Morgan fingerprint density at radius 3 is 2.57 bits per heavy atom. The number of ketones is 1. The van der Waals surface area contributed by atoms with Gasteiger partial charge in [0.1, 0.15) is 11.7 Å². The van der Waals surface area contributed by atoms with E-state index in [1.165, 1.54) is 25.6 Å². The summed E-state index contributed by atoms with van der Waals surface area (Å²) < 4.78 is 33.8. The zero-order valence-corrected chi connectivity index (χ0v) is 27.1. The molecule has 3 heterocycles. The van der Waals surface area contributed by atoms with Crippen LogP contribution in [0.15, 0.2) is 29.6 Å². The van der Waals surface area contributed by atoms with Gasteiger partial charge in [0.15, 0.2) is 12.0 Å². The Kier molecular flexibility index (Phi) is 6.95. The molecule has 44 heavy (non-hydrogen) atoms. The molecular weight excluding hydrogens is 561 g/mol. The minimum Gasteiger partial charge on any atom is -0.480 e. The summed E-state index contributed by atoms with van der Waals surface area (Å²) in [6.45, 7) is 9.36. The van der Waals surface area contributed by atoms with Crippen LogP contribution in [-0.4, -0.2) is 78.4 Å². The summed E-state index contributed by atoms with van der Waals surface area (Å²) in [5.41, 5.74) is 0.614. The van der Waals surface area contributed by atoms with E-state index in [1.807, 2.05) is 25.9 Å². The monoisotopic (exact) mass is 607 g/mol. The summed E-state index contributed by atoms with van der Waals surface area (Å²) in [5, 5.41) is 0. The van der Waals surface area contributed by atoms with E-state index >= 15 is 4.39 Å². The summed E-state index contributed by atoms with van der Waals surface area (Å²) in [7, 11) is 5.45. The highest BCUT2D eigenvalue weighted by Gasteiger charge is 2.81. The predicted molar refractivity (Wildman–Crippen MR) is 162 cm³/mol. The SMILES string of the molecule is COc1cnc(C2=C[C@@H](F)[C@@]34O[C@@H]3C[C@H]3[C@@H]5CC[C@H]([C@H](C)C6CC(C)=C(CN(C)C)C(=O)O6)[C@@]5(C)CC[C@@H]3[C@@]4(C)C2=O)cn1. The van der Waals surface area contributed by atoms with Crippen LogP contribution in [0.4, 0.5) is 4.39 Å². The van der Waals surface area contributed by atoms with Crippen molar-refractivity contribution < 1.29 is 28.2 Å². The zero-order valence-electron chi connectivity index (χ0n) is 27.1. The van der Waals surface area contributed by atoms with Crippen molar-refractivity contribution in [3.8, 4) is 5.88 Å². The number of Topliss-reactive ketones (excluding diaryl/α,β-unsaturated/α-hetero) is 1. The van der Waals surface area contributed by atoms with Crippen LogP contribution in [0.25, 0.3) is 5.57 Å². The number of fused-ring (bicyclic) bond motifs is 4. The lowest BCUT2D eigenvalue weighted by Crippen LogP contribution is -2.63. The average molecular weight is 608 g/mol. The van der Waals surface area contributed by atoms with Crippen molar-refractivity contribution in [2.24, 2.45) is 40.4 Å². The molecular formula is C35H46FN3O5. The third-order valence-corrected chi connectivity index (χ3v) is 13.1. The van der Waals surface area contributed by atoms with Gasteiger partial charge in [-0.2, -0.15) is 0 Å². The first-order valence-corrected chi connectivity index (χ1v) is 16.4. The van der Waals surface area contributed by atoms with E-state index < -0.39 is 17.2 Å². The van der Waals surface area contributed by atoms with E-state index in [4.69, 9.17) is 14.2 Å². The number of likely N-dealkylation sites (N-methyl/N-ethyl adjacent to an activating group) is 1. The molecule has 1 unspecified atom stereocenters. The Hall–Kier alpha value is -2.65. The van der Waals surface area contributed by atoms with Crippen molar-refractivity contribution >= 4 is 17.3 Å². The number of rotatable bonds is 6. The lowest BCUT2D eigenvalue weighted by molar-refractivity contribution is -0.154. The van der Waals surface area contributed by atoms with Crippen molar-refractivity contribution in [3.63, 3.8) is 0 Å². The van der Waals surface area contributed by atoms with Gasteiger partial charge in [0.2, 0.25) is 5.88 Å². The molecule has 4 fully saturated rings. The average Bonchev–Trinajstić information content (AvgIpc) is 3.63. The highest BCUT2D eigenvalue weighted by atomic mass is 19.1. The number of nitrogens with zero attached hydrogens (tertiary/aromatic N) is 3. The van der Waals surface area contributed by atoms with Crippen LogP contribution in [0.3, 0.4) is 0 Å². The molecule has 1 aromatic rings. The van der Waals surface area contributed by atoms with Crippen molar-refractivity contribution in [3.05, 3.63) is 35.3 Å². The molecule has 9 heteroatoms. The third kappa shape index (κ3) is 4.00. The number of carbonyl (C=O) groups excluding carboxylic acids is 2. The van der Waals surface area contributed by atoms with E-state index in [-0.39, 0.29) is 47.1 Å². The Labute approximate surface area is 259 Å². The van der Waals surface area contributed by atoms with E-state index in [0.717, 1.165) is 49.7 Å². The fourth-order valence-corrected chi connectivity index (χ4v) is 10.8. The maximum absolute atomic E-state index is 16.2. The molecule has 238 valence electrons. The smallest absolute Gasteiger partial charge is 0.335 e. The van der Waals surface area contributed by atoms with Crippen molar-refractivity contribution in [1.82, 2.24) is 14.9 Å². The van der Waals surface area contributed by atoms with Crippen LogP contribution in [0.2, 0.25) is 0 Å². The molecule has 1 aromatic heterocycles. The molecule has 6 aliphatic rings. The maximum Gasteiger partial charge on any atom is 0.335 e. The van der Waals surface area contributed by atoms with Gasteiger partial charge in [-0.3, -0.25) is 4.79 Å². The van der Waals surface area contributed by atoms with Gasteiger partial charge in [0.25, 0.3) is 0 Å². The van der Waals surface area contributed by atoms with Crippen LogP contribution in [0.5, 0.6) is 5.88 Å². The normalized spacial score (nSPS) is 43.4. The summed E-state index contributed by atoms with van der Waals surface area (Å²) in [4.78, 5) is 38.2. The Balaban J connectivity index is 1.15. The number of epoxide rings is 1. The molecule has 0 N–H and O–H groups in total. The van der Waals surface area contributed by atoms with Gasteiger partial charge in [-0.15, -0.1) is 0 Å². The number of aromatic nitrogens is 2. The van der Waals surface area contributed by atoms with Gasteiger partial charge < -0.3 is 19.1 Å². The standard InChI is InChI=1S/C35H46FN3O5/c1-18-12-27(43-32(41)22(18)17-39(5)6)19(2)23-8-9-24-20-14-29-35(44-29)28(36)13-21(26-15-38-30(42-7)16-37-26)31(40)34(35,4)25(20)10-11-33(23,24)3/h13,15-16,19-20,23-25,27-29H,8-12,14,17H2,1-7H3/t19-,20-,23+,24-,25-,27?,28+,29+,33+,34-,35+/m0/s1. The van der Waals surface area contributed by atoms with Gasteiger partial charge in [0, 0.05) is 18.5 Å². The number of esters is 1. The first-order chi connectivity index (χ1) is 20.9. The van der Waals surface area contributed by atoms with Gasteiger partial charge in [0.05, 0.1) is 42.3 Å². The fraction of sp³-hybridized carbons (Fsp3) is 0.714. The summed E-state index contributed by atoms with van der Waals surface area (Å²) in [6, 6.07) is 0. The lowest BCUT2D eigenvalue weighted by atomic mass is 9.44. The van der Waals surface area contributed by atoms with E-state index in [0.29, 0.717) is 35.5 Å². The number of methoxy groups -OCH3 is 1. The molecule has 0 radical (unpaired) electrons. The highest BCUT2D eigenvalue weighted by molar-refractivity contribution is 6.24. The molecule has 7 rings (SSSR count). The molecule has 1 spiro atoms. The zero-order chi connectivity index (χ0) is 31.3. The lowest BCUT2D eigenvalue weighted by Gasteiger charge is -2.58. The van der Waals surface area contributed by atoms with Gasteiger partial charge >= 0.3 is 5.97 Å². The topological polar surface area (TPSA) is 94.1 Å². The summed E-state index contributed by atoms with van der Waals surface area (Å²) in [6.07, 6.45) is 8.19. The van der Waals surface area contributed by atoms with E-state index in [1.54, 1.807) is 0 Å². The number of alkyl halides is 1. The quantitative estimate of drug-likeness (QED) is 0.321. The highest BCUT2D eigenvalue weighted by Crippen LogP contribution is 2.74. The van der Waals surface area contributed by atoms with Crippen molar-refractivity contribution in [2.45, 2.75) is 90.2 Å². The second-order valence-corrected chi connectivity index (χ2v) is 15.2. The minimum absolute atomic E-state index is 0.0281. The van der Waals surface area contributed by atoms with Gasteiger partial charge in [-0.05, 0) is 101 Å². The van der Waals surface area contributed by atoms with Crippen molar-refractivity contribution in [2.75, 3.05) is 27.7 Å². The molecule has 4 aliphatic carbocycles. The number of hydrogen-bond acceptors (Lipinski definition) is 8. The van der Waals surface area contributed by atoms with Crippen LogP contribution >= 0.6 is 0 Å². The van der Waals surface area contributed by atoms with Crippen LogP contribution in [-0.2, 0) is 19.1 Å². The van der Waals surface area contributed by atoms with Crippen molar-refractivity contribution in [1.29, 1.82) is 0 Å². The molecule has 3 saturated carbocycles. The number of carbonyl (C=O) groups is 2. The first kappa shape index (κ1) is 30.0. The Bertz CT molecular complexity index is 1440. The minimum atomic E-state index is -1.38. The second kappa shape index (κ2) is 10.2. The van der Waals surface area contributed by atoms with Crippen LogP contribution < -0.4 is 4.74 Å². The molecule has 11 atom stereocenters. The van der Waals surface area contributed by atoms with Gasteiger partial charge in [-0.1, -0.05) is 19.4 Å². The maximum atomic E-state index is 16.2. The first-order valence-electron chi connectivity index (χ1n) is 16.4. The predicted octanol–water partition coefficient (Wildman–Crippen LogP) is 5.23. The number of halogens is 1. The van der Waals surface area contributed by atoms with Crippen LogP contribution in [0, 0.1) is 40.4 Å². The third-order valence-electron chi connectivity index (χ3n) is 13.1. The molecule has 0 aromatic carbocycles. The molecule has 2 aliphatic heterocycles. The van der Waals surface area contributed by atoms with Crippen LogP contribution in [0.1, 0.15) is 71.9 Å². The Morgan fingerprint density at radius 2 is 1.91 bits per heavy atom. The van der Waals surface area contributed by atoms with E-state index in [9.17, 15) is 9.59 Å². The second-order valence-electron chi connectivity index (χ2n) is 15.2. The fourth-order valence-electron chi connectivity index (χ4n) is 10.8. The summed E-state index contributed by atoms with van der Waals surface area (Å²) in [5.74, 6) is 1.46. The number of allylic oxidation sites excluding steroid dienone is 1.